The normalized spacial score (nSPS) is 9.88. The second-order valence-electron chi connectivity index (χ2n) is 5.35. The number of hydrogen-bond acceptors (Lipinski definition) is 4. The number of hydrogen-bond donors (Lipinski definition) is 4. The molecule has 0 radical (unpaired) electrons. The molecule has 2 rings (SSSR count). The fraction of sp³-hybridized carbons (Fsp3) is 0.167. The lowest BCUT2D eigenvalue weighted by Gasteiger charge is -2.09. The molecule has 0 heterocycles. The van der Waals surface area contributed by atoms with Crippen molar-refractivity contribution in [3.63, 3.8) is 0 Å². The van der Waals surface area contributed by atoms with Crippen LogP contribution < -0.4 is 26.4 Å². The Labute approximate surface area is 150 Å². The zero-order valence-corrected chi connectivity index (χ0v) is 14.2. The lowest BCUT2D eigenvalue weighted by molar-refractivity contribution is -0.116. The van der Waals surface area contributed by atoms with Gasteiger partial charge in [0.2, 0.25) is 11.8 Å². The highest BCUT2D eigenvalue weighted by Gasteiger charge is 2.06. The molecular formula is C18H20N4O4. The summed E-state index contributed by atoms with van der Waals surface area (Å²) in [5.74, 6) is -0.104. The van der Waals surface area contributed by atoms with E-state index in [9.17, 15) is 14.4 Å². The van der Waals surface area contributed by atoms with Crippen molar-refractivity contribution in [2.24, 2.45) is 5.73 Å². The van der Waals surface area contributed by atoms with Gasteiger partial charge in [-0.05, 0) is 48.5 Å². The van der Waals surface area contributed by atoms with Crippen LogP contribution in [0.1, 0.15) is 16.8 Å². The molecule has 2 aromatic carbocycles. The van der Waals surface area contributed by atoms with E-state index < -0.39 is 11.9 Å². The Bertz CT molecular complexity index is 773. The number of rotatable bonds is 7. The number of carbonyl (C=O) groups excluding carboxylic acids is 3. The van der Waals surface area contributed by atoms with Gasteiger partial charge in [0.1, 0.15) is 5.75 Å². The molecular weight excluding hydrogens is 336 g/mol. The van der Waals surface area contributed by atoms with E-state index in [0.29, 0.717) is 22.7 Å². The number of urea groups is 1. The molecule has 0 saturated heterocycles. The SMILES string of the molecule is COc1ccc(NC(=O)NCCC(=O)Nc2ccc(C(N)=O)cc2)cc1. The van der Waals surface area contributed by atoms with E-state index in [1.807, 2.05) is 0 Å². The predicted octanol–water partition coefficient (Wildman–Crippen LogP) is 1.94. The third-order valence-electron chi connectivity index (χ3n) is 3.44. The molecule has 0 atom stereocenters. The van der Waals surface area contributed by atoms with E-state index in [1.54, 1.807) is 43.5 Å². The fourth-order valence-electron chi connectivity index (χ4n) is 2.08. The number of methoxy groups -OCH3 is 1. The first-order chi connectivity index (χ1) is 12.5. The first kappa shape index (κ1) is 18.8. The number of anilines is 2. The van der Waals surface area contributed by atoms with E-state index in [1.165, 1.54) is 12.1 Å². The van der Waals surface area contributed by atoms with Crippen LogP contribution >= 0.6 is 0 Å². The highest BCUT2D eigenvalue weighted by atomic mass is 16.5. The van der Waals surface area contributed by atoms with Crippen molar-refractivity contribution in [1.29, 1.82) is 0 Å². The maximum atomic E-state index is 11.9. The lowest BCUT2D eigenvalue weighted by Crippen LogP contribution is -2.31. The van der Waals surface area contributed by atoms with Gasteiger partial charge in [-0.15, -0.1) is 0 Å². The van der Waals surface area contributed by atoms with Gasteiger partial charge in [0, 0.05) is 29.9 Å². The van der Waals surface area contributed by atoms with Gasteiger partial charge in [-0.2, -0.15) is 0 Å². The predicted molar refractivity (Wildman–Crippen MR) is 98.2 cm³/mol. The maximum Gasteiger partial charge on any atom is 0.319 e. The van der Waals surface area contributed by atoms with Gasteiger partial charge in [0.05, 0.1) is 7.11 Å². The molecule has 0 aliphatic rings. The van der Waals surface area contributed by atoms with Crippen molar-refractivity contribution >= 4 is 29.2 Å². The fourth-order valence-corrected chi connectivity index (χ4v) is 2.08. The number of ether oxygens (including phenoxy) is 1. The number of primary amides is 1. The van der Waals surface area contributed by atoms with Gasteiger partial charge >= 0.3 is 6.03 Å². The van der Waals surface area contributed by atoms with E-state index in [2.05, 4.69) is 16.0 Å². The molecule has 0 aliphatic carbocycles. The van der Waals surface area contributed by atoms with Gasteiger partial charge in [-0.25, -0.2) is 4.79 Å². The zero-order chi connectivity index (χ0) is 18.9. The summed E-state index contributed by atoms with van der Waals surface area (Å²) in [5, 5.41) is 7.92. The summed E-state index contributed by atoms with van der Waals surface area (Å²) in [5.41, 5.74) is 6.67. The van der Waals surface area contributed by atoms with Crippen molar-refractivity contribution < 1.29 is 19.1 Å². The van der Waals surface area contributed by atoms with Crippen LogP contribution in [0.2, 0.25) is 0 Å². The summed E-state index contributed by atoms with van der Waals surface area (Å²) in [6.07, 6.45) is 0.105. The Balaban J connectivity index is 1.71. The van der Waals surface area contributed by atoms with Crippen LogP contribution in [0.25, 0.3) is 0 Å². The van der Waals surface area contributed by atoms with E-state index >= 15 is 0 Å². The molecule has 0 spiro atoms. The number of benzene rings is 2. The molecule has 4 amide bonds. The lowest BCUT2D eigenvalue weighted by atomic mass is 10.2. The molecule has 0 aromatic heterocycles. The Morgan fingerprint density at radius 2 is 1.50 bits per heavy atom. The van der Waals surface area contributed by atoms with Gasteiger partial charge in [-0.3, -0.25) is 9.59 Å². The largest absolute Gasteiger partial charge is 0.497 e. The molecule has 5 N–H and O–H groups in total. The minimum Gasteiger partial charge on any atom is -0.497 e. The zero-order valence-electron chi connectivity index (χ0n) is 14.2. The Morgan fingerprint density at radius 3 is 2.08 bits per heavy atom. The number of amides is 4. The summed E-state index contributed by atoms with van der Waals surface area (Å²) in [7, 11) is 1.56. The van der Waals surface area contributed by atoms with Gasteiger partial charge in [-0.1, -0.05) is 0 Å². The van der Waals surface area contributed by atoms with Crippen molar-refractivity contribution in [1.82, 2.24) is 5.32 Å². The van der Waals surface area contributed by atoms with Crippen LogP contribution in [0.5, 0.6) is 5.75 Å². The topological polar surface area (TPSA) is 123 Å². The molecule has 0 fully saturated rings. The van der Waals surface area contributed by atoms with Crippen LogP contribution in [0.3, 0.4) is 0 Å². The van der Waals surface area contributed by atoms with Crippen LogP contribution in [-0.4, -0.2) is 31.5 Å². The molecule has 0 unspecified atom stereocenters. The summed E-state index contributed by atoms with van der Waals surface area (Å²) < 4.78 is 5.04. The number of nitrogens with two attached hydrogens (primary N) is 1. The third kappa shape index (κ3) is 5.82. The maximum absolute atomic E-state index is 11.9. The van der Waals surface area contributed by atoms with Gasteiger partial charge in [0.25, 0.3) is 0 Å². The van der Waals surface area contributed by atoms with Crippen LogP contribution in [-0.2, 0) is 4.79 Å². The van der Waals surface area contributed by atoms with E-state index in [4.69, 9.17) is 10.5 Å². The molecule has 0 bridgehead atoms. The summed E-state index contributed by atoms with van der Waals surface area (Å²) in [4.78, 5) is 34.6. The van der Waals surface area contributed by atoms with E-state index in [0.717, 1.165) is 0 Å². The average molecular weight is 356 g/mol. The molecule has 0 aliphatic heterocycles. The minimum atomic E-state index is -0.532. The second kappa shape index (κ2) is 9.07. The van der Waals surface area contributed by atoms with Crippen molar-refractivity contribution in [2.45, 2.75) is 6.42 Å². The van der Waals surface area contributed by atoms with E-state index in [-0.39, 0.29) is 18.9 Å². The Hall–Kier alpha value is -3.55. The van der Waals surface area contributed by atoms with Gasteiger partial charge in [0.15, 0.2) is 0 Å². The monoisotopic (exact) mass is 356 g/mol. The van der Waals surface area contributed by atoms with Crippen LogP contribution in [0, 0.1) is 0 Å². The second-order valence-corrected chi connectivity index (χ2v) is 5.35. The molecule has 8 heteroatoms. The van der Waals surface area contributed by atoms with Crippen LogP contribution in [0.15, 0.2) is 48.5 Å². The highest BCUT2D eigenvalue weighted by molar-refractivity contribution is 5.95. The first-order valence-electron chi connectivity index (χ1n) is 7.86. The molecule has 0 saturated carbocycles. The minimum absolute atomic E-state index is 0.105. The number of nitrogens with one attached hydrogen (secondary N) is 3. The van der Waals surface area contributed by atoms with Crippen molar-refractivity contribution in [3.8, 4) is 5.75 Å². The summed E-state index contributed by atoms with van der Waals surface area (Å²) >= 11 is 0. The molecule has 2 aromatic rings. The average Bonchev–Trinajstić information content (AvgIpc) is 2.62. The van der Waals surface area contributed by atoms with Crippen molar-refractivity contribution in [3.05, 3.63) is 54.1 Å². The van der Waals surface area contributed by atoms with Gasteiger partial charge < -0.3 is 26.4 Å². The molecule has 136 valence electrons. The highest BCUT2D eigenvalue weighted by Crippen LogP contribution is 2.14. The smallest absolute Gasteiger partial charge is 0.319 e. The Kier molecular flexibility index (Phi) is 6.55. The standard InChI is InChI=1S/C18H20N4O4/c1-26-15-8-6-14(7-9-15)22-18(25)20-11-10-16(23)21-13-4-2-12(3-5-13)17(19)24/h2-9H,10-11H2,1H3,(H2,19,24)(H,21,23)(H2,20,22,25). The Morgan fingerprint density at radius 1 is 0.923 bits per heavy atom. The molecule has 8 nitrogen and oxygen atoms in total. The summed E-state index contributed by atoms with van der Waals surface area (Å²) in [6.45, 7) is 0.174. The third-order valence-corrected chi connectivity index (χ3v) is 3.44. The summed E-state index contributed by atoms with van der Waals surface area (Å²) in [6, 6.07) is 12.7. The number of carbonyl (C=O) groups is 3. The van der Waals surface area contributed by atoms with Crippen molar-refractivity contribution in [2.75, 3.05) is 24.3 Å². The quantitative estimate of drug-likeness (QED) is 0.605. The van der Waals surface area contributed by atoms with Crippen LogP contribution in [0.4, 0.5) is 16.2 Å². The first-order valence-corrected chi connectivity index (χ1v) is 7.86. The molecule has 26 heavy (non-hydrogen) atoms.